The SMILES string of the molecule is CCCn1cc2ccccc2n1. The molecule has 0 aliphatic carbocycles. The summed E-state index contributed by atoms with van der Waals surface area (Å²) in [4.78, 5) is 0. The van der Waals surface area contributed by atoms with Crippen LogP contribution in [0.1, 0.15) is 13.3 Å². The van der Waals surface area contributed by atoms with Crippen molar-refractivity contribution < 1.29 is 0 Å². The molecule has 0 amide bonds. The maximum atomic E-state index is 4.42. The highest BCUT2D eigenvalue weighted by Crippen LogP contribution is 2.10. The van der Waals surface area contributed by atoms with Gasteiger partial charge in [0.1, 0.15) is 0 Å². The summed E-state index contributed by atoms with van der Waals surface area (Å²) in [5.41, 5.74) is 1.09. The highest BCUT2D eigenvalue weighted by molar-refractivity contribution is 5.77. The van der Waals surface area contributed by atoms with Crippen molar-refractivity contribution in [3.05, 3.63) is 30.5 Å². The summed E-state index contributed by atoms with van der Waals surface area (Å²) in [6.07, 6.45) is 3.23. The number of fused-ring (bicyclic) bond motifs is 1. The molecule has 12 heavy (non-hydrogen) atoms. The summed E-state index contributed by atoms with van der Waals surface area (Å²) in [5.74, 6) is 0. The van der Waals surface area contributed by atoms with Crippen molar-refractivity contribution in [2.45, 2.75) is 19.9 Å². The molecule has 1 aromatic carbocycles. The summed E-state index contributed by atoms with van der Waals surface area (Å²) < 4.78 is 2.00. The normalized spacial score (nSPS) is 10.8. The van der Waals surface area contributed by atoms with Gasteiger partial charge in [-0.15, -0.1) is 0 Å². The monoisotopic (exact) mass is 160 g/mol. The molecule has 0 radical (unpaired) electrons. The Morgan fingerprint density at radius 3 is 2.92 bits per heavy atom. The van der Waals surface area contributed by atoms with Gasteiger partial charge in [0.05, 0.1) is 5.52 Å². The van der Waals surface area contributed by atoms with Gasteiger partial charge in [0.15, 0.2) is 0 Å². The first-order chi connectivity index (χ1) is 5.90. The second kappa shape index (κ2) is 2.97. The lowest BCUT2D eigenvalue weighted by Gasteiger charge is -1.93. The lowest BCUT2D eigenvalue weighted by molar-refractivity contribution is 0.609. The zero-order valence-electron chi connectivity index (χ0n) is 7.20. The molecule has 2 aromatic rings. The Kier molecular flexibility index (Phi) is 1.82. The van der Waals surface area contributed by atoms with Crippen molar-refractivity contribution >= 4 is 10.9 Å². The van der Waals surface area contributed by atoms with E-state index in [1.54, 1.807) is 0 Å². The smallest absolute Gasteiger partial charge is 0.0923 e. The number of rotatable bonds is 2. The van der Waals surface area contributed by atoms with Crippen LogP contribution in [0.4, 0.5) is 0 Å². The minimum Gasteiger partial charge on any atom is -0.272 e. The van der Waals surface area contributed by atoms with Crippen LogP contribution in [0.2, 0.25) is 0 Å². The van der Waals surface area contributed by atoms with Crippen molar-refractivity contribution in [2.75, 3.05) is 0 Å². The van der Waals surface area contributed by atoms with E-state index in [-0.39, 0.29) is 0 Å². The largest absolute Gasteiger partial charge is 0.272 e. The van der Waals surface area contributed by atoms with Crippen LogP contribution in [0.3, 0.4) is 0 Å². The average molecular weight is 160 g/mol. The van der Waals surface area contributed by atoms with Gasteiger partial charge in [-0.25, -0.2) is 0 Å². The molecule has 0 bridgehead atoms. The van der Waals surface area contributed by atoms with Crippen molar-refractivity contribution in [3.63, 3.8) is 0 Å². The molecule has 0 aliphatic heterocycles. The minimum absolute atomic E-state index is 1.01. The van der Waals surface area contributed by atoms with Crippen molar-refractivity contribution in [3.8, 4) is 0 Å². The highest BCUT2D eigenvalue weighted by Gasteiger charge is 1.96. The Balaban J connectivity index is 2.47. The van der Waals surface area contributed by atoms with Crippen molar-refractivity contribution in [1.29, 1.82) is 0 Å². The van der Waals surface area contributed by atoms with Crippen LogP contribution in [-0.4, -0.2) is 9.78 Å². The standard InChI is InChI=1S/C10H12N2/c1-2-7-12-8-9-5-3-4-6-10(9)11-12/h3-6,8H,2,7H2,1H3. The van der Waals surface area contributed by atoms with Crippen LogP contribution in [0.5, 0.6) is 0 Å². The van der Waals surface area contributed by atoms with Gasteiger partial charge in [-0.2, -0.15) is 5.10 Å². The summed E-state index contributed by atoms with van der Waals surface area (Å²) in [7, 11) is 0. The predicted molar refractivity (Wildman–Crippen MR) is 50.0 cm³/mol. The molecule has 0 unspecified atom stereocenters. The van der Waals surface area contributed by atoms with Gasteiger partial charge in [0, 0.05) is 18.1 Å². The van der Waals surface area contributed by atoms with E-state index in [1.807, 2.05) is 22.9 Å². The maximum absolute atomic E-state index is 4.42. The van der Waals surface area contributed by atoms with Crippen LogP contribution in [0, 0.1) is 0 Å². The lowest BCUT2D eigenvalue weighted by Crippen LogP contribution is -1.95. The van der Waals surface area contributed by atoms with E-state index >= 15 is 0 Å². The number of hydrogen-bond donors (Lipinski definition) is 0. The number of benzene rings is 1. The fourth-order valence-electron chi connectivity index (χ4n) is 1.36. The molecule has 62 valence electrons. The molecular weight excluding hydrogens is 148 g/mol. The Morgan fingerprint density at radius 1 is 1.33 bits per heavy atom. The van der Waals surface area contributed by atoms with Crippen LogP contribution in [-0.2, 0) is 6.54 Å². The van der Waals surface area contributed by atoms with Crippen LogP contribution in [0.25, 0.3) is 10.9 Å². The third kappa shape index (κ3) is 1.20. The van der Waals surface area contributed by atoms with Gasteiger partial charge in [-0.1, -0.05) is 25.1 Å². The predicted octanol–water partition coefficient (Wildman–Crippen LogP) is 2.45. The molecule has 2 heteroatoms. The fraction of sp³-hybridized carbons (Fsp3) is 0.300. The van der Waals surface area contributed by atoms with Gasteiger partial charge < -0.3 is 0 Å². The number of nitrogens with zero attached hydrogens (tertiary/aromatic N) is 2. The molecule has 1 heterocycles. The van der Waals surface area contributed by atoms with Crippen LogP contribution >= 0.6 is 0 Å². The summed E-state index contributed by atoms with van der Waals surface area (Å²) in [6.45, 7) is 3.17. The van der Waals surface area contributed by atoms with E-state index in [4.69, 9.17) is 0 Å². The molecule has 0 atom stereocenters. The van der Waals surface area contributed by atoms with Gasteiger partial charge in [0.25, 0.3) is 0 Å². The summed E-state index contributed by atoms with van der Waals surface area (Å²) in [6, 6.07) is 8.20. The molecular formula is C10H12N2. The van der Waals surface area contributed by atoms with Crippen LogP contribution in [0.15, 0.2) is 30.5 Å². The topological polar surface area (TPSA) is 17.8 Å². The molecule has 0 aliphatic rings. The first kappa shape index (κ1) is 7.35. The van der Waals surface area contributed by atoms with Gasteiger partial charge >= 0.3 is 0 Å². The van der Waals surface area contributed by atoms with Crippen molar-refractivity contribution in [1.82, 2.24) is 9.78 Å². The maximum Gasteiger partial charge on any atom is 0.0923 e. The zero-order chi connectivity index (χ0) is 8.39. The van der Waals surface area contributed by atoms with Gasteiger partial charge in [-0.05, 0) is 12.5 Å². The first-order valence-electron chi connectivity index (χ1n) is 4.32. The van der Waals surface area contributed by atoms with E-state index in [2.05, 4.69) is 24.3 Å². The molecule has 0 saturated carbocycles. The third-order valence-electron chi connectivity index (χ3n) is 1.91. The second-order valence-electron chi connectivity index (χ2n) is 2.95. The average Bonchev–Trinajstić information content (AvgIpc) is 2.47. The fourth-order valence-corrected chi connectivity index (χ4v) is 1.36. The van der Waals surface area contributed by atoms with Crippen molar-refractivity contribution in [2.24, 2.45) is 0 Å². The van der Waals surface area contributed by atoms with E-state index < -0.39 is 0 Å². The summed E-state index contributed by atoms with van der Waals surface area (Å²) in [5, 5.41) is 5.65. The van der Waals surface area contributed by atoms with E-state index in [1.165, 1.54) is 5.39 Å². The Labute approximate surface area is 71.8 Å². The lowest BCUT2D eigenvalue weighted by atomic mass is 10.3. The van der Waals surface area contributed by atoms with Gasteiger partial charge in [-0.3, -0.25) is 4.68 Å². The molecule has 2 rings (SSSR count). The third-order valence-corrected chi connectivity index (χ3v) is 1.91. The molecule has 0 saturated heterocycles. The Bertz CT molecular complexity index is 343. The van der Waals surface area contributed by atoms with E-state index in [9.17, 15) is 0 Å². The van der Waals surface area contributed by atoms with Crippen LogP contribution < -0.4 is 0 Å². The minimum atomic E-state index is 1.01. The first-order valence-corrected chi connectivity index (χ1v) is 4.32. The van der Waals surface area contributed by atoms with Gasteiger partial charge in [0.2, 0.25) is 0 Å². The quantitative estimate of drug-likeness (QED) is 0.659. The highest BCUT2D eigenvalue weighted by atomic mass is 15.3. The molecule has 0 spiro atoms. The Morgan fingerprint density at radius 2 is 2.17 bits per heavy atom. The van der Waals surface area contributed by atoms with E-state index in [0.29, 0.717) is 0 Å². The Hall–Kier alpha value is -1.31. The summed E-state index contributed by atoms with van der Waals surface area (Å²) >= 11 is 0. The number of aromatic nitrogens is 2. The second-order valence-corrected chi connectivity index (χ2v) is 2.95. The zero-order valence-corrected chi connectivity index (χ0v) is 7.20. The number of aryl methyl sites for hydroxylation is 1. The molecule has 0 N–H and O–H groups in total. The van der Waals surface area contributed by atoms with E-state index in [0.717, 1.165) is 18.5 Å². The molecule has 1 aromatic heterocycles. The molecule has 2 nitrogen and oxygen atoms in total. The molecule has 0 fully saturated rings. The number of hydrogen-bond acceptors (Lipinski definition) is 1.